The Morgan fingerprint density at radius 2 is 1.86 bits per heavy atom. The molecule has 0 spiro atoms. The summed E-state index contributed by atoms with van der Waals surface area (Å²) in [6, 6.07) is 11.7. The van der Waals surface area contributed by atoms with Gasteiger partial charge in [0.1, 0.15) is 10.7 Å². The van der Waals surface area contributed by atoms with Crippen LogP contribution in [0.4, 0.5) is 11.4 Å². The van der Waals surface area contributed by atoms with E-state index in [0.717, 1.165) is 0 Å². The van der Waals surface area contributed by atoms with Gasteiger partial charge in [0.25, 0.3) is 10.0 Å². The zero-order chi connectivity index (χ0) is 21.0. The molecule has 9 heteroatoms. The quantitative estimate of drug-likeness (QED) is 0.716. The Bertz CT molecular complexity index is 1050. The maximum atomic E-state index is 12.4. The largest absolute Gasteiger partial charge is 0.493 e. The minimum atomic E-state index is -3.73. The number of benzene rings is 2. The molecule has 2 aromatic carbocycles. The summed E-state index contributed by atoms with van der Waals surface area (Å²) in [5.74, 6) is 1.10. The van der Waals surface area contributed by atoms with Gasteiger partial charge in [-0.1, -0.05) is 19.1 Å². The van der Waals surface area contributed by atoms with Gasteiger partial charge in [-0.25, -0.2) is 0 Å². The predicted molar refractivity (Wildman–Crippen MR) is 111 cm³/mol. The number of anilines is 2. The second kappa shape index (κ2) is 8.52. The number of hydrogen-bond acceptors (Lipinski definition) is 6. The van der Waals surface area contributed by atoms with E-state index in [1.54, 1.807) is 43.5 Å². The molecule has 0 saturated heterocycles. The minimum absolute atomic E-state index is 0.123. The molecule has 0 aliphatic carbocycles. The van der Waals surface area contributed by atoms with Gasteiger partial charge >= 0.3 is 0 Å². The lowest BCUT2D eigenvalue weighted by Gasteiger charge is -2.20. The zero-order valence-electron chi connectivity index (χ0n) is 16.4. The second-order valence-corrected chi connectivity index (χ2v) is 8.34. The van der Waals surface area contributed by atoms with Gasteiger partial charge in [0.15, 0.2) is 11.5 Å². The number of amidine groups is 1. The number of carbonyl (C=O) groups excluding carboxylic acids is 1. The van der Waals surface area contributed by atoms with Crippen molar-refractivity contribution in [3.63, 3.8) is 0 Å². The molecule has 1 amide bonds. The first-order valence-corrected chi connectivity index (χ1v) is 10.5. The zero-order valence-corrected chi connectivity index (χ0v) is 17.2. The normalized spacial score (nSPS) is 15.3. The van der Waals surface area contributed by atoms with Crippen LogP contribution < -0.4 is 20.1 Å². The highest BCUT2D eigenvalue weighted by atomic mass is 32.2. The van der Waals surface area contributed by atoms with Crippen LogP contribution in [0.1, 0.15) is 19.8 Å². The summed E-state index contributed by atoms with van der Waals surface area (Å²) < 4.78 is 38.9. The minimum Gasteiger partial charge on any atom is -0.493 e. The standard InChI is InChI=1S/C20H23N3O5S/c1-13(10-19-22-15-6-4-5-7-18(15)29(25,26)23-19)11-20(24)21-14-8-9-16(27-2)17(12-14)28-3/h4-9,12-13H,10-11H2,1-3H3,(H,21,24)(H,22,23). The second-order valence-electron chi connectivity index (χ2n) is 6.77. The molecule has 0 aromatic heterocycles. The highest BCUT2D eigenvalue weighted by Gasteiger charge is 2.25. The van der Waals surface area contributed by atoms with E-state index >= 15 is 0 Å². The molecule has 29 heavy (non-hydrogen) atoms. The first-order valence-electron chi connectivity index (χ1n) is 9.04. The number of nitrogens with one attached hydrogen (secondary N) is 2. The van der Waals surface area contributed by atoms with Gasteiger partial charge < -0.3 is 20.1 Å². The van der Waals surface area contributed by atoms with Crippen molar-refractivity contribution in [1.29, 1.82) is 0 Å². The predicted octanol–water partition coefficient (Wildman–Crippen LogP) is 3.27. The Kier molecular flexibility index (Phi) is 6.07. The maximum absolute atomic E-state index is 12.4. The number of hydrogen-bond donors (Lipinski definition) is 2. The summed E-state index contributed by atoms with van der Waals surface area (Å²) in [4.78, 5) is 12.5. The highest BCUT2D eigenvalue weighted by Crippen LogP contribution is 2.30. The third-order valence-corrected chi connectivity index (χ3v) is 5.79. The average molecular weight is 417 g/mol. The van der Waals surface area contributed by atoms with Crippen molar-refractivity contribution in [3.8, 4) is 11.5 Å². The van der Waals surface area contributed by atoms with Crippen LogP contribution in [0.2, 0.25) is 0 Å². The van der Waals surface area contributed by atoms with Gasteiger partial charge in [0.05, 0.1) is 19.9 Å². The molecule has 1 atom stereocenters. The molecule has 2 N–H and O–H groups in total. The summed E-state index contributed by atoms with van der Waals surface area (Å²) in [5.41, 5.74) is 1.09. The average Bonchev–Trinajstić information content (AvgIpc) is 2.67. The Labute approximate surface area is 170 Å². The summed E-state index contributed by atoms with van der Waals surface area (Å²) >= 11 is 0. The van der Waals surface area contributed by atoms with E-state index in [9.17, 15) is 13.2 Å². The van der Waals surface area contributed by atoms with Crippen LogP contribution in [-0.2, 0) is 14.8 Å². The molecule has 3 rings (SSSR count). The van der Waals surface area contributed by atoms with Crippen LogP contribution in [0.5, 0.6) is 11.5 Å². The van der Waals surface area contributed by atoms with Crippen LogP contribution in [-0.4, -0.2) is 34.4 Å². The molecular weight excluding hydrogens is 394 g/mol. The summed E-state index contributed by atoms with van der Waals surface area (Å²) in [6.45, 7) is 1.87. The number of amides is 1. The molecule has 1 heterocycles. The fourth-order valence-electron chi connectivity index (χ4n) is 3.10. The number of sulfonamides is 1. The van der Waals surface area contributed by atoms with Crippen molar-refractivity contribution in [1.82, 2.24) is 0 Å². The lowest BCUT2D eigenvalue weighted by Crippen LogP contribution is -2.25. The Morgan fingerprint density at radius 3 is 2.59 bits per heavy atom. The first-order chi connectivity index (χ1) is 13.8. The first kappa shape index (κ1) is 20.7. The molecule has 8 nitrogen and oxygen atoms in total. The van der Waals surface area contributed by atoms with E-state index in [1.165, 1.54) is 13.2 Å². The smallest absolute Gasteiger partial charge is 0.286 e. The number of rotatable bonds is 7. The Morgan fingerprint density at radius 1 is 1.14 bits per heavy atom. The fraction of sp³-hybridized carbons (Fsp3) is 0.300. The number of carbonyl (C=O) groups is 1. The molecule has 2 aromatic rings. The monoisotopic (exact) mass is 417 g/mol. The lowest BCUT2D eigenvalue weighted by molar-refractivity contribution is -0.116. The molecule has 0 bridgehead atoms. The van der Waals surface area contributed by atoms with E-state index in [1.807, 2.05) is 6.92 Å². The van der Waals surface area contributed by atoms with Crippen molar-refractivity contribution < 1.29 is 22.7 Å². The highest BCUT2D eigenvalue weighted by molar-refractivity contribution is 7.90. The summed E-state index contributed by atoms with van der Waals surface area (Å²) in [6.07, 6.45) is 0.531. The SMILES string of the molecule is COc1ccc(NC(=O)CC(C)CC2=NS(=O)(=O)c3ccccc3N2)cc1OC. The van der Waals surface area contributed by atoms with Gasteiger partial charge in [-0.3, -0.25) is 4.79 Å². The van der Waals surface area contributed by atoms with Crippen molar-refractivity contribution in [2.24, 2.45) is 10.3 Å². The van der Waals surface area contributed by atoms with Crippen LogP contribution in [0.25, 0.3) is 0 Å². The van der Waals surface area contributed by atoms with Crippen LogP contribution >= 0.6 is 0 Å². The van der Waals surface area contributed by atoms with Crippen molar-refractivity contribution in [2.75, 3.05) is 24.9 Å². The van der Waals surface area contributed by atoms with Crippen molar-refractivity contribution in [3.05, 3.63) is 42.5 Å². The molecule has 1 aliphatic rings. The fourth-order valence-corrected chi connectivity index (χ4v) is 4.26. The van der Waals surface area contributed by atoms with Gasteiger partial charge in [0.2, 0.25) is 5.91 Å². The molecule has 0 saturated carbocycles. The van der Waals surface area contributed by atoms with E-state index in [4.69, 9.17) is 9.47 Å². The third-order valence-electron chi connectivity index (χ3n) is 4.42. The Balaban J connectivity index is 1.62. The third kappa shape index (κ3) is 4.86. The Hall–Kier alpha value is -3.07. The molecule has 0 radical (unpaired) electrons. The van der Waals surface area contributed by atoms with Crippen LogP contribution in [0, 0.1) is 5.92 Å². The number of ether oxygens (including phenoxy) is 2. The van der Waals surface area contributed by atoms with Gasteiger partial charge in [-0.2, -0.15) is 8.42 Å². The van der Waals surface area contributed by atoms with E-state index in [-0.39, 0.29) is 23.1 Å². The number of methoxy groups -OCH3 is 2. The number of nitrogens with zero attached hydrogens (tertiary/aromatic N) is 1. The van der Waals surface area contributed by atoms with Crippen LogP contribution in [0.15, 0.2) is 51.8 Å². The van der Waals surface area contributed by atoms with E-state index in [2.05, 4.69) is 15.0 Å². The molecular formula is C20H23N3O5S. The maximum Gasteiger partial charge on any atom is 0.286 e. The van der Waals surface area contributed by atoms with Crippen LogP contribution in [0.3, 0.4) is 0 Å². The van der Waals surface area contributed by atoms with Gasteiger partial charge in [0, 0.05) is 24.6 Å². The summed E-state index contributed by atoms with van der Waals surface area (Å²) in [5, 5.41) is 5.86. The van der Waals surface area contributed by atoms with Crippen molar-refractivity contribution >= 4 is 33.1 Å². The topological polar surface area (TPSA) is 106 Å². The summed E-state index contributed by atoms with van der Waals surface area (Å²) in [7, 11) is -0.666. The molecule has 1 aliphatic heterocycles. The van der Waals surface area contributed by atoms with Gasteiger partial charge in [-0.15, -0.1) is 4.40 Å². The van der Waals surface area contributed by atoms with E-state index in [0.29, 0.717) is 35.1 Å². The number of para-hydroxylation sites is 1. The van der Waals surface area contributed by atoms with E-state index < -0.39 is 10.0 Å². The number of fused-ring (bicyclic) bond motifs is 1. The molecule has 1 unspecified atom stereocenters. The van der Waals surface area contributed by atoms with Crippen molar-refractivity contribution in [2.45, 2.75) is 24.7 Å². The lowest BCUT2D eigenvalue weighted by atomic mass is 10.0. The molecule has 154 valence electrons. The molecule has 0 fully saturated rings. The van der Waals surface area contributed by atoms with Gasteiger partial charge in [-0.05, 0) is 30.2 Å².